The van der Waals surface area contributed by atoms with Gasteiger partial charge < -0.3 is 15.1 Å². The summed E-state index contributed by atoms with van der Waals surface area (Å²) in [4.78, 5) is 29.7. The van der Waals surface area contributed by atoms with E-state index in [0.29, 0.717) is 5.69 Å². The molecule has 0 bridgehead atoms. The van der Waals surface area contributed by atoms with Crippen LogP contribution in [0.1, 0.15) is 33.6 Å². The highest BCUT2D eigenvalue weighted by Crippen LogP contribution is 2.27. The molecular weight excluding hydrogens is 362 g/mol. The van der Waals surface area contributed by atoms with Crippen LogP contribution in [0, 0.1) is 11.3 Å². The summed E-state index contributed by atoms with van der Waals surface area (Å²) in [5, 5.41) is 2.90. The van der Waals surface area contributed by atoms with Crippen molar-refractivity contribution in [1.29, 1.82) is 0 Å². The molecule has 0 spiro atoms. The van der Waals surface area contributed by atoms with Crippen molar-refractivity contribution in [3.8, 4) is 0 Å². The lowest BCUT2D eigenvalue weighted by molar-refractivity contribution is -0.136. The Hall–Kier alpha value is -2.82. The van der Waals surface area contributed by atoms with E-state index >= 15 is 0 Å². The van der Waals surface area contributed by atoms with Crippen molar-refractivity contribution in [1.82, 2.24) is 0 Å². The van der Waals surface area contributed by atoms with Gasteiger partial charge in [-0.15, -0.1) is 0 Å². The number of piperidine rings is 1. The second-order valence-electron chi connectivity index (χ2n) is 8.50. The van der Waals surface area contributed by atoms with Crippen molar-refractivity contribution >= 4 is 28.9 Å². The highest BCUT2D eigenvalue weighted by molar-refractivity contribution is 6.14. The first-order valence-corrected chi connectivity index (χ1v) is 10.3. The Morgan fingerprint density at radius 2 is 1.59 bits per heavy atom. The first-order chi connectivity index (χ1) is 13.8. The SMILES string of the molecule is CC1CCN(c2ccc(NC(=O)C(C)(C)C(=O)N(C)c3ccccc3)cc2)CC1. The zero-order valence-corrected chi connectivity index (χ0v) is 17.8. The molecular formula is C24H31N3O2. The lowest BCUT2D eigenvalue weighted by Crippen LogP contribution is -2.46. The summed E-state index contributed by atoms with van der Waals surface area (Å²) in [5.74, 6) is 0.226. The third-order valence-electron chi connectivity index (χ3n) is 5.82. The van der Waals surface area contributed by atoms with Gasteiger partial charge in [-0.25, -0.2) is 0 Å². The fourth-order valence-corrected chi connectivity index (χ4v) is 3.59. The molecule has 2 aromatic rings. The first-order valence-electron chi connectivity index (χ1n) is 10.3. The number of nitrogens with zero attached hydrogens (tertiary/aromatic N) is 2. The van der Waals surface area contributed by atoms with Crippen molar-refractivity contribution in [3.63, 3.8) is 0 Å². The zero-order chi connectivity index (χ0) is 21.0. The molecule has 29 heavy (non-hydrogen) atoms. The van der Waals surface area contributed by atoms with E-state index in [1.54, 1.807) is 20.9 Å². The topological polar surface area (TPSA) is 52.7 Å². The summed E-state index contributed by atoms with van der Waals surface area (Å²) in [6.45, 7) is 7.76. The maximum absolute atomic E-state index is 12.9. The molecule has 0 radical (unpaired) electrons. The molecule has 2 amide bonds. The molecule has 5 nitrogen and oxygen atoms in total. The average Bonchev–Trinajstić information content (AvgIpc) is 2.74. The lowest BCUT2D eigenvalue weighted by atomic mass is 9.90. The van der Waals surface area contributed by atoms with Gasteiger partial charge in [0, 0.05) is 37.2 Å². The Balaban J connectivity index is 1.64. The van der Waals surface area contributed by atoms with E-state index in [-0.39, 0.29) is 11.8 Å². The number of carbonyl (C=O) groups excluding carboxylic acids is 2. The van der Waals surface area contributed by atoms with Crippen LogP contribution in [0.25, 0.3) is 0 Å². The number of rotatable bonds is 5. The summed E-state index contributed by atoms with van der Waals surface area (Å²) in [7, 11) is 1.70. The third-order valence-corrected chi connectivity index (χ3v) is 5.82. The van der Waals surface area contributed by atoms with Crippen LogP contribution >= 0.6 is 0 Å². The van der Waals surface area contributed by atoms with E-state index < -0.39 is 5.41 Å². The van der Waals surface area contributed by atoms with Crippen molar-refractivity contribution in [2.75, 3.05) is 35.3 Å². The minimum atomic E-state index is -1.19. The quantitative estimate of drug-likeness (QED) is 0.758. The van der Waals surface area contributed by atoms with Gasteiger partial charge in [-0.05, 0) is 69.0 Å². The molecule has 0 unspecified atom stereocenters. The van der Waals surface area contributed by atoms with Crippen LogP contribution in [-0.2, 0) is 9.59 Å². The van der Waals surface area contributed by atoms with Crippen molar-refractivity contribution in [2.45, 2.75) is 33.6 Å². The Morgan fingerprint density at radius 3 is 2.17 bits per heavy atom. The Bertz CT molecular complexity index is 838. The van der Waals surface area contributed by atoms with Gasteiger partial charge in [-0.3, -0.25) is 9.59 Å². The molecule has 0 saturated carbocycles. The van der Waals surface area contributed by atoms with E-state index in [2.05, 4.69) is 17.1 Å². The Kier molecular flexibility index (Phi) is 6.26. The molecule has 0 aliphatic carbocycles. The molecule has 0 aromatic heterocycles. The molecule has 1 aliphatic rings. The summed E-state index contributed by atoms with van der Waals surface area (Å²) in [5.41, 5.74) is 1.45. The molecule has 3 rings (SSSR count). The summed E-state index contributed by atoms with van der Waals surface area (Å²) >= 11 is 0. The summed E-state index contributed by atoms with van der Waals surface area (Å²) in [6, 6.07) is 17.2. The van der Waals surface area contributed by atoms with Gasteiger partial charge in [0.25, 0.3) is 0 Å². The largest absolute Gasteiger partial charge is 0.372 e. The number of benzene rings is 2. The van der Waals surface area contributed by atoms with Gasteiger partial charge in [-0.2, -0.15) is 0 Å². The second kappa shape index (κ2) is 8.68. The predicted octanol–water partition coefficient (Wildman–Crippen LogP) is 4.55. The van der Waals surface area contributed by atoms with Gasteiger partial charge in [0.2, 0.25) is 11.8 Å². The van der Waals surface area contributed by atoms with E-state index in [1.807, 2.05) is 54.6 Å². The van der Waals surface area contributed by atoms with Crippen LogP contribution in [0.15, 0.2) is 54.6 Å². The zero-order valence-electron chi connectivity index (χ0n) is 17.8. The normalized spacial score (nSPS) is 15.1. The van der Waals surface area contributed by atoms with Gasteiger partial charge in [-0.1, -0.05) is 25.1 Å². The standard InChI is InChI=1S/C24H31N3O2/c1-18-14-16-27(17-15-18)21-12-10-19(11-13-21)25-22(28)24(2,3)23(29)26(4)20-8-6-5-7-9-20/h5-13,18H,14-17H2,1-4H3,(H,25,28). The van der Waals surface area contributed by atoms with Crippen molar-refractivity contribution < 1.29 is 9.59 Å². The Labute approximate surface area is 173 Å². The fraction of sp³-hybridized carbons (Fsp3) is 0.417. The molecule has 154 valence electrons. The molecule has 5 heteroatoms. The van der Waals surface area contributed by atoms with Crippen molar-refractivity contribution in [2.24, 2.45) is 11.3 Å². The van der Waals surface area contributed by atoms with Crippen LogP contribution in [-0.4, -0.2) is 32.0 Å². The molecule has 1 fully saturated rings. The number of hydrogen-bond donors (Lipinski definition) is 1. The number of hydrogen-bond acceptors (Lipinski definition) is 3. The molecule has 2 aromatic carbocycles. The molecule has 1 N–H and O–H groups in total. The summed E-state index contributed by atoms with van der Waals surface area (Å²) in [6.07, 6.45) is 2.42. The molecule has 1 saturated heterocycles. The summed E-state index contributed by atoms with van der Waals surface area (Å²) < 4.78 is 0. The van der Waals surface area contributed by atoms with Crippen LogP contribution in [0.3, 0.4) is 0 Å². The minimum absolute atomic E-state index is 0.250. The maximum atomic E-state index is 12.9. The number of nitrogens with one attached hydrogen (secondary N) is 1. The predicted molar refractivity (Wildman–Crippen MR) is 119 cm³/mol. The Morgan fingerprint density at radius 1 is 1.00 bits per heavy atom. The van der Waals surface area contributed by atoms with Crippen LogP contribution in [0.2, 0.25) is 0 Å². The van der Waals surface area contributed by atoms with Gasteiger partial charge >= 0.3 is 0 Å². The van der Waals surface area contributed by atoms with Gasteiger partial charge in [0.15, 0.2) is 0 Å². The van der Waals surface area contributed by atoms with E-state index in [4.69, 9.17) is 0 Å². The molecule has 0 atom stereocenters. The molecule has 1 aliphatic heterocycles. The van der Waals surface area contributed by atoms with Crippen LogP contribution in [0.4, 0.5) is 17.1 Å². The number of amides is 2. The fourth-order valence-electron chi connectivity index (χ4n) is 3.59. The number of carbonyl (C=O) groups is 2. The highest BCUT2D eigenvalue weighted by Gasteiger charge is 2.38. The van der Waals surface area contributed by atoms with Gasteiger partial charge in [0.1, 0.15) is 5.41 Å². The smallest absolute Gasteiger partial charge is 0.241 e. The van der Waals surface area contributed by atoms with E-state index in [0.717, 1.165) is 24.7 Å². The first kappa shape index (κ1) is 20.9. The average molecular weight is 394 g/mol. The second-order valence-corrected chi connectivity index (χ2v) is 8.50. The van der Waals surface area contributed by atoms with Crippen LogP contribution in [0.5, 0.6) is 0 Å². The van der Waals surface area contributed by atoms with Crippen LogP contribution < -0.4 is 15.1 Å². The van der Waals surface area contributed by atoms with Crippen molar-refractivity contribution in [3.05, 3.63) is 54.6 Å². The third kappa shape index (κ3) is 4.78. The number of anilines is 3. The maximum Gasteiger partial charge on any atom is 0.241 e. The lowest BCUT2D eigenvalue weighted by Gasteiger charge is -2.32. The monoisotopic (exact) mass is 393 g/mol. The minimum Gasteiger partial charge on any atom is -0.372 e. The highest BCUT2D eigenvalue weighted by atomic mass is 16.2. The number of para-hydroxylation sites is 1. The van der Waals surface area contributed by atoms with E-state index in [1.165, 1.54) is 23.4 Å². The van der Waals surface area contributed by atoms with Gasteiger partial charge in [0.05, 0.1) is 0 Å². The van der Waals surface area contributed by atoms with E-state index in [9.17, 15) is 9.59 Å². The molecule has 1 heterocycles.